The quantitative estimate of drug-likeness (QED) is 0.803. The van der Waals surface area contributed by atoms with Crippen LogP contribution in [-0.2, 0) is 0 Å². The number of rotatable bonds is 2. The number of hydrogen-bond donors (Lipinski definition) is 1. The molecule has 0 aliphatic heterocycles. The molecule has 0 amide bonds. The fraction of sp³-hybridized carbons (Fsp3) is 0.667. The fourth-order valence-corrected chi connectivity index (χ4v) is 2.59. The Morgan fingerprint density at radius 3 is 2.93 bits per heavy atom. The van der Waals surface area contributed by atoms with Gasteiger partial charge in [0.05, 0.1) is 5.69 Å². The summed E-state index contributed by atoms with van der Waals surface area (Å²) in [6.45, 7) is 3.09. The van der Waals surface area contributed by atoms with Crippen molar-refractivity contribution in [3.05, 3.63) is 24.3 Å². The summed E-state index contributed by atoms with van der Waals surface area (Å²) >= 11 is 0. The van der Waals surface area contributed by atoms with Gasteiger partial charge in [0.2, 0.25) is 0 Å². The van der Waals surface area contributed by atoms with Crippen LogP contribution < -0.4 is 5.73 Å². The SMILES string of the molecule is CC1CCC(CN)C(c2cnccn2)C1. The van der Waals surface area contributed by atoms with Gasteiger partial charge in [-0.25, -0.2) is 0 Å². The van der Waals surface area contributed by atoms with Crippen LogP contribution in [0.15, 0.2) is 18.6 Å². The number of hydrogen-bond acceptors (Lipinski definition) is 3. The molecule has 0 aromatic carbocycles. The molecule has 82 valence electrons. The van der Waals surface area contributed by atoms with Crippen molar-refractivity contribution in [3.8, 4) is 0 Å². The first-order valence-electron chi connectivity index (χ1n) is 5.77. The minimum atomic E-state index is 0.521. The first-order chi connectivity index (χ1) is 7.31. The molecule has 0 spiro atoms. The van der Waals surface area contributed by atoms with Gasteiger partial charge >= 0.3 is 0 Å². The van der Waals surface area contributed by atoms with Gasteiger partial charge in [-0.1, -0.05) is 13.3 Å². The van der Waals surface area contributed by atoms with E-state index in [0.717, 1.165) is 18.2 Å². The fourth-order valence-electron chi connectivity index (χ4n) is 2.59. The van der Waals surface area contributed by atoms with Gasteiger partial charge in [0.1, 0.15) is 0 Å². The van der Waals surface area contributed by atoms with Gasteiger partial charge in [-0.3, -0.25) is 9.97 Å². The van der Waals surface area contributed by atoms with Crippen LogP contribution in [-0.4, -0.2) is 16.5 Å². The van der Waals surface area contributed by atoms with Gasteiger partial charge in [-0.2, -0.15) is 0 Å². The lowest BCUT2D eigenvalue weighted by Gasteiger charge is -2.33. The van der Waals surface area contributed by atoms with E-state index in [1.165, 1.54) is 19.3 Å². The molecule has 2 rings (SSSR count). The molecule has 3 nitrogen and oxygen atoms in total. The second kappa shape index (κ2) is 4.71. The highest BCUT2D eigenvalue weighted by Gasteiger charge is 2.29. The first kappa shape index (κ1) is 10.6. The van der Waals surface area contributed by atoms with Gasteiger partial charge in [0.25, 0.3) is 0 Å². The van der Waals surface area contributed by atoms with Gasteiger partial charge in [0, 0.05) is 24.5 Å². The van der Waals surface area contributed by atoms with Crippen LogP contribution in [0.2, 0.25) is 0 Å². The van der Waals surface area contributed by atoms with Crippen LogP contribution in [0.25, 0.3) is 0 Å². The molecule has 1 aliphatic carbocycles. The lowest BCUT2D eigenvalue weighted by molar-refractivity contribution is 0.250. The number of nitrogens with zero attached hydrogens (tertiary/aromatic N) is 2. The highest BCUT2D eigenvalue weighted by Crippen LogP contribution is 2.38. The van der Waals surface area contributed by atoms with Crippen molar-refractivity contribution in [3.63, 3.8) is 0 Å². The van der Waals surface area contributed by atoms with Crippen molar-refractivity contribution in [1.29, 1.82) is 0 Å². The Hall–Kier alpha value is -0.960. The van der Waals surface area contributed by atoms with Crippen molar-refractivity contribution in [1.82, 2.24) is 9.97 Å². The minimum absolute atomic E-state index is 0.521. The molecule has 2 N–H and O–H groups in total. The molecule has 0 saturated heterocycles. The van der Waals surface area contributed by atoms with E-state index in [4.69, 9.17) is 5.73 Å². The standard InChI is InChI=1S/C12H19N3/c1-9-2-3-10(7-13)11(6-9)12-8-14-4-5-15-12/h4-5,8-11H,2-3,6-7,13H2,1H3. The maximum Gasteiger partial charge on any atom is 0.0620 e. The highest BCUT2D eigenvalue weighted by atomic mass is 14.8. The highest BCUT2D eigenvalue weighted by molar-refractivity contribution is 5.07. The van der Waals surface area contributed by atoms with Crippen molar-refractivity contribution >= 4 is 0 Å². The molecule has 1 aliphatic rings. The average Bonchev–Trinajstić information content (AvgIpc) is 2.30. The summed E-state index contributed by atoms with van der Waals surface area (Å²) in [5, 5.41) is 0. The van der Waals surface area contributed by atoms with E-state index < -0.39 is 0 Å². The first-order valence-corrected chi connectivity index (χ1v) is 5.77. The third-order valence-electron chi connectivity index (χ3n) is 3.52. The van der Waals surface area contributed by atoms with Crippen LogP contribution in [0.1, 0.15) is 37.8 Å². The number of aromatic nitrogens is 2. The third-order valence-corrected chi connectivity index (χ3v) is 3.52. The molecule has 0 bridgehead atoms. The van der Waals surface area contributed by atoms with E-state index in [-0.39, 0.29) is 0 Å². The van der Waals surface area contributed by atoms with Crippen molar-refractivity contribution in [2.24, 2.45) is 17.6 Å². The van der Waals surface area contributed by atoms with Gasteiger partial charge in [-0.15, -0.1) is 0 Å². The molecular weight excluding hydrogens is 186 g/mol. The molecule has 1 fully saturated rings. The maximum absolute atomic E-state index is 5.83. The summed E-state index contributed by atoms with van der Waals surface area (Å²) in [6.07, 6.45) is 9.15. The normalized spacial score (nSPS) is 31.5. The smallest absolute Gasteiger partial charge is 0.0620 e. The van der Waals surface area contributed by atoms with E-state index in [0.29, 0.717) is 11.8 Å². The Balaban J connectivity index is 2.17. The molecule has 3 atom stereocenters. The van der Waals surface area contributed by atoms with Gasteiger partial charge in [-0.05, 0) is 31.2 Å². The zero-order chi connectivity index (χ0) is 10.7. The Morgan fingerprint density at radius 1 is 1.40 bits per heavy atom. The molecule has 15 heavy (non-hydrogen) atoms. The van der Waals surface area contributed by atoms with E-state index >= 15 is 0 Å². The van der Waals surface area contributed by atoms with E-state index in [2.05, 4.69) is 16.9 Å². The topological polar surface area (TPSA) is 51.8 Å². The summed E-state index contributed by atoms with van der Waals surface area (Å²) in [7, 11) is 0. The third kappa shape index (κ3) is 2.34. The van der Waals surface area contributed by atoms with Crippen LogP contribution in [0.4, 0.5) is 0 Å². The average molecular weight is 205 g/mol. The van der Waals surface area contributed by atoms with Crippen LogP contribution >= 0.6 is 0 Å². The van der Waals surface area contributed by atoms with E-state index in [1.807, 2.05) is 6.20 Å². The van der Waals surface area contributed by atoms with Gasteiger partial charge in [0.15, 0.2) is 0 Å². The molecule has 3 heteroatoms. The summed E-state index contributed by atoms with van der Waals surface area (Å²) in [6, 6.07) is 0. The molecule has 1 aromatic heterocycles. The van der Waals surface area contributed by atoms with E-state index in [1.54, 1.807) is 12.4 Å². The Bertz CT molecular complexity index is 299. The Kier molecular flexibility index (Phi) is 3.31. The monoisotopic (exact) mass is 205 g/mol. The van der Waals surface area contributed by atoms with Crippen molar-refractivity contribution in [2.75, 3.05) is 6.54 Å². The second-order valence-electron chi connectivity index (χ2n) is 4.65. The predicted molar refractivity (Wildman–Crippen MR) is 60.3 cm³/mol. The Morgan fingerprint density at radius 2 is 2.27 bits per heavy atom. The largest absolute Gasteiger partial charge is 0.330 e. The maximum atomic E-state index is 5.83. The van der Waals surface area contributed by atoms with Gasteiger partial charge < -0.3 is 5.73 Å². The lowest BCUT2D eigenvalue weighted by Crippen LogP contribution is -2.28. The van der Waals surface area contributed by atoms with E-state index in [9.17, 15) is 0 Å². The molecule has 3 unspecified atom stereocenters. The van der Waals surface area contributed by atoms with Crippen LogP contribution in [0.5, 0.6) is 0 Å². The lowest BCUT2D eigenvalue weighted by atomic mass is 9.73. The predicted octanol–water partition coefficient (Wildman–Crippen LogP) is 1.96. The molecule has 1 aromatic rings. The number of nitrogens with two attached hydrogens (primary N) is 1. The summed E-state index contributed by atoms with van der Waals surface area (Å²) in [4.78, 5) is 8.57. The molecular formula is C12H19N3. The molecule has 1 heterocycles. The zero-order valence-electron chi connectivity index (χ0n) is 9.26. The second-order valence-corrected chi connectivity index (χ2v) is 4.65. The zero-order valence-corrected chi connectivity index (χ0v) is 9.26. The van der Waals surface area contributed by atoms with Crippen LogP contribution in [0, 0.1) is 11.8 Å². The van der Waals surface area contributed by atoms with Crippen LogP contribution in [0.3, 0.4) is 0 Å². The summed E-state index contributed by atoms with van der Waals surface area (Å²) in [5.41, 5.74) is 6.95. The minimum Gasteiger partial charge on any atom is -0.330 e. The molecule has 1 saturated carbocycles. The Labute approximate surface area is 91.1 Å². The summed E-state index contributed by atoms with van der Waals surface area (Å²) in [5.74, 6) is 1.91. The van der Waals surface area contributed by atoms with Crippen molar-refractivity contribution < 1.29 is 0 Å². The molecule has 0 radical (unpaired) electrons. The summed E-state index contributed by atoms with van der Waals surface area (Å²) < 4.78 is 0. The van der Waals surface area contributed by atoms with Crippen molar-refractivity contribution in [2.45, 2.75) is 32.1 Å².